The summed E-state index contributed by atoms with van der Waals surface area (Å²) in [4.78, 5) is 0. The molecule has 1 aromatic carbocycles. The van der Waals surface area contributed by atoms with Gasteiger partial charge in [-0.3, -0.25) is 0 Å². The Labute approximate surface area is 94.8 Å². The third-order valence-corrected chi connectivity index (χ3v) is 2.65. The molecule has 0 radical (unpaired) electrons. The topological polar surface area (TPSA) is 60.0 Å². The molecule has 0 aliphatic carbocycles. The van der Waals surface area contributed by atoms with Gasteiger partial charge in [-0.15, -0.1) is 5.10 Å². The molecule has 0 bridgehead atoms. The predicted octanol–water partition coefficient (Wildman–Crippen LogP) is 1.86. The van der Waals surface area contributed by atoms with Crippen molar-refractivity contribution in [3.63, 3.8) is 0 Å². The summed E-state index contributed by atoms with van der Waals surface area (Å²) < 4.78 is 5.22. The number of benzene rings is 1. The molecule has 16 heavy (non-hydrogen) atoms. The van der Waals surface area contributed by atoms with E-state index in [1.807, 2.05) is 19.1 Å². The van der Waals surface area contributed by atoms with Gasteiger partial charge in [-0.05, 0) is 42.7 Å². The third-order valence-electron chi connectivity index (χ3n) is 2.65. The van der Waals surface area contributed by atoms with Crippen LogP contribution in [-0.2, 0) is 0 Å². The molecule has 84 valence electrons. The second kappa shape index (κ2) is 4.35. The molecule has 0 amide bonds. The molecule has 4 heteroatoms. The standard InChI is InChI=1S/C12H15N3O/c1-8-7-9(3-5-11(8)16-2)10-4-6-12(13)15-14-10/h3,5,7H,4,6H2,1-2H3,(H2,13,15). The fourth-order valence-corrected chi connectivity index (χ4v) is 1.73. The van der Waals surface area contributed by atoms with Gasteiger partial charge in [0.2, 0.25) is 0 Å². The van der Waals surface area contributed by atoms with Crippen LogP contribution < -0.4 is 10.5 Å². The predicted molar refractivity (Wildman–Crippen MR) is 65.1 cm³/mol. The van der Waals surface area contributed by atoms with E-state index in [4.69, 9.17) is 10.5 Å². The van der Waals surface area contributed by atoms with E-state index in [1.165, 1.54) is 0 Å². The molecule has 0 spiro atoms. The molecule has 2 N–H and O–H groups in total. The monoisotopic (exact) mass is 217 g/mol. The molecule has 1 aliphatic heterocycles. The molecular weight excluding hydrogens is 202 g/mol. The van der Waals surface area contributed by atoms with Gasteiger partial charge >= 0.3 is 0 Å². The average molecular weight is 217 g/mol. The lowest BCUT2D eigenvalue weighted by Crippen LogP contribution is -2.17. The number of ether oxygens (including phenoxy) is 1. The smallest absolute Gasteiger partial charge is 0.122 e. The first-order valence-corrected chi connectivity index (χ1v) is 5.24. The maximum atomic E-state index is 5.57. The van der Waals surface area contributed by atoms with Crippen LogP contribution in [0.3, 0.4) is 0 Å². The minimum absolute atomic E-state index is 0.606. The van der Waals surface area contributed by atoms with Crippen LogP contribution in [0.5, 0.6) is 5.75 Å². The number of hydrogen-bond acceptors (Lipinski definition) is 4. The quantitative estimate of drug-likeness (QED) is 0.821. The van der Waals surface area contributed by atoms with Gasteiger partial charge in [0.05, 0.1) is 12.8 Å². The van der Waals surface area contributed by atoms with Gasteiger partial charge in [0.25, 0.3) is 0 Å². The number of amidine groups is 1. The number of rotatable bonds is 2. The second-order valence-electron chi connectivity index (χ2n) is 3.82. The van der Waals surface area contributed by atoms with Crippen LogP contribution in [0, 0.1) is 6.92 Å². The molecule has 0 atom stereocenters. The van der Waals surface area contributed by atoms with Crippen molar-refractivity contribution in [2.24, 2.45) is 15.9 Å². The Balaban J connectivity index is 2.32. The Hall–Kier alpha value is -1.84. The Morgan fingerprint density at radius 3 is 2.62 bits per heavy atom. The summed E-state index contributed by atoms with van der Waals surface area (Å²) in [7, 11) is 1.67. The van der Waals surface area contributed by atoms with E-state index in [9.17, 15) is 0 Å². The van der Waals surface area contributed by atoms with Crippen molar-refractivity contribution >= 4 is 11.5 Å². The first kappa shape index (κ1) is 10.7. The molecular formula is C12H15N3O. The largest absolute Gasteiger partial charge is 0.496 e. The summed E-state index contributed by atoms with van der Waals surface area (Å²) in [5.74, 6) is 1.50. The molecule has 1 aromatic rings. The normalized spacial score (nSPS) is 15.4. The maximum Gasteiger partial charge on any atom is 0.122 e. The number of nitrogens with zero attached hydrogens (tertiary/aromatic N) is 2. The number of nitrogens with two attached hydrogens (primary N) is 1. The fraction of sp³-hybridized carbons (Fsp3) is 0.333. The summed E-state index contributed by atoms with van der Waals surface area (Å²) in [6.07, 6.45) is 1.63. The minimum Gasteiger partial charge on any atom is -0.496 e. The second-order valence-corrected chi connectivity index (χ2v) is 3.82. The molecule has 0 unspecified atom stereocenters. The zero-order chi connectivity index (χ0) is 11.5. The lowest BCUT2D eigenvalue weighted by atomic mass is 10.0. The molecule has 0 saturated carbocycles. The van der Waals surface area contributed by atoms with Crippen LogP contribution in [0.1, 0.15) is 24.0 Å². The number of hydrogen-bond donors (Lipinski definition) is 1. The number of aryl methyl sites for hydroxylation is 1. The van der Waals surface area contributed by atoms with Crippen LogP contribution in [0.25, 0.3) is 0 Å². The minimum atomic E-state index is 0.606. The van der Waals surface area contributed by atoms with Crippen molar-refractivity contribution in [3.8, 4) is 5.75 Å². The Morgan fingerprint density at radius 1 is 1.25 bits per heavy atom. The molecule has 1 heterocycles. The molecule has 0 aromatic heterocycles. The summed E-state index contributed by atoms with van der Waals surface area (Å²) in [5.41, 5.74) is 8.75. The summed E-state index contributed by atoms with van der Waals surface area (Å²) in [5, 5.41) is 8.03. The van der Waals surface area contributed by atoms with Gasteiger partial charge in [-0.2, -0.15) is 5.10 Å². The molecule has 0 fully saturated rings. The maximum absolute atomic E-state index is 5.57. The van der Waals surface area contributed by atoms with Crippen molar-refractivity contribution in [1.82, 2.24) is 0 Å². The van der Waals surface area contributed by atoms with Crippen LogP contribution in [0.2, 0.25) is 0 Å². The zero-order valence-corrected chi connectivity index (χ0v) is 9.53. The highest BCUT2D eigenvalue weighted by Crippen LogP contribution is 2.20. The third kappa shape index (κ3) is 2.05. The fourth-order valence-electron chi connectivity index (χ4n) is 1.73. The van der Waals surface area contributed by atoms with Crippen molar-refractivity contribution < 1.29 is 4.74 Å². The van der Waals surface area contributed by atoms with Crippen molar-refractivity contribution in [2.45, 2.75) is 19.8 Å². The lowest BCUT2D eigenvalue weighted by Gasteiger charge is -2.11. The Morgan fingerprint density at radius 2 is 2.06 bits per heavy atom. The summed E-state index contributed by atoms with van der Waals surface area (Å²) >= 11 is 0. The van der Waals surface area contributed by atoms with E-state index in [2.05, 4.69) is 16.3 Å². The highest BCUT2D eigenvalue weighted by molar-refractivity contribution is 6.04. The highest BCUT2D eigenvalue weighted by atomic mass is 16.5. The Bertz CT molecular complexity index is 463. The first-order valence-electron chi connectivity index (χ1n) is 5.24. The van der Waals surface area contributed by atoms with Crippen molar-refractivity contribution in [1.29, 1.82) is 0 Å². The molecule has 2 rings (SSSR count). The van der Waals surface area contributed by atoms with E-state index in [0.717, 1.165) is 35.4 Å². The zero-order valence-electron chi connectivity index (χ0n) is 9.53. The van der Waals surface area contributed by atoms with E-state index < -0.39 is 0 Å². The summed E-state index contributed by atoms with van der Waals surface area (Å²) in [6.45, 7) is 2.02. The molecule has 1 aliphatic rings. The lowest BCUT2D eigenvalue weighted by molar-refractivity contribution is 0.411. The van der Waals surface area contributed by atoms with Crippen LogP contribution in [0.15, 0.2) is 28.4 Å². The van der Waals surface area contributed by atoms with Gasteiger partial charge in [0.1, 0.15) is 11.6 Å². The van der Waals surface area contributed by atoms with Crippen molar-refractivity contribution in [2.75, 3.05) is 7.11 Å². The average Bonchev–Trinajstić information content (AvgIpc) is 2.30. The highest BCUT2D eigenvalue weighted by Gasteiger charge is 2.10. The molecule has 4 nitrogen and oxygen atoms in total. The van der Waals surface area contributed by atoms with Gasteiger partial charge in [-0.25, -0.2) is 0 Å². The van der Waals surface area contributed by atoms with Gasteiger partial charge in [-0.1, -0.05) is 0 Å². The van der Waals surface area contributed by atoms with Crippen LogP contribution >= 0.6 is 0 Å². The SMILES string of the molecule is COc1ccc(C2=NN=C(N)CC2)cc1C. The van der Waals surface area contributed by atoms with Crippen molar-refractivity contribution in [3.05, 3.63) is 29.3 Å². The van der Waals surface area contributed by atoms with Gasteiger partial charge in [0, 0.05) is 6.42 Å². The Kier molecular flexibility index (Phi) is 2.90. The van der Waals surface area contributed by atoms with E-state index >= 15 is 0 Å². The summed E-state index contributed by atoms with van der Waals surface area (Å²) in [6, 6.07) is 6.02. The van der Waals surface area contributed by atoms with Gasteiger partial charge < -0.3 is 10.5 Å². The van der Waals surface area contributed by atoms with E-state index in [0.29, 0.717) is 5.84 Å². The number of methoxy groups -OCH3 is 1. The van der Waals surface area contributed by atoms with E-state index in [1.54, 1.807) is 7.11 Å². The first-order chi connectivity index (χ1) is 7.70. The molecule has 0 saturated heterocycles. The van der Waals surface area contributed by atoms with Crippen LogP contribution in [-0.4, -0.2) is 18.7 Å². The van der Waals surface area contributed by atoms with E-state index in [-0.39, 0.29) is 0 Å². The van der Waals surface area contributed by atoms with Crippen LogP contribution in [0.4, 0.5) is 0 Å². The van der Waals surface area contributed by atoms with Gasteiger partial charge in [0.15, 0.2) is 0 Å².